The Balaban J connectivity index is 1.63. The summed E-state index contributed by atoms with van der Waals surface area (Å²) in [5, 5.41) is 12.2. The normalized spacial score (nSPS) is 13.4. The lowest BCUT2D eigenvalue weighted by Crippen LogP contribution is -2.20. The number of benzene rings is 1. The summed E-state index contributed by atoms with van der Waals surface area (Å²) in [6.45, 7) is 3.70. The van der Waals surface area contributed by atoms with E-state index in [0.717, 1.165) is 12.8 Å². The molecule has 0 atom stereocenters. The maximum absolute atomic E-state index is 12.2. The molecule has 3 rings (SSSR count). The quantitative estimate of drug-likeness (QED) is 0.782. The molecule has 0 aliphatic heterocycles. The van der Waals surface area contributed by atoms with E-state index < -0.39 is 0 Å². The Labute approximate surface area is 139 Å². The molecule has 24 heavy (non-hydrogen) atoms. The molecule has 0 radical (unpaired) electrons. The van der Waals surface area contributed by atoms with E-state index in [1.165, 1.54) is 0 Å². The Kier molecular flexibility index (Phi) is 4.50. The minimum Gasteiger partial charge on any atom is -0.359 e. The fourth-order valence-corrected chi connectivity index (χ4v) is 2.36. The molecule has 0 saturated heterocycles. The molecule has 0 unspecified atom stereocenters. The van der Waals surface area contributed by atoms with Crippen molar-refractivity contribution in [2.45, 2.75) is 33.1 Å². The summed E-state index contributed by atoms with van der Waals surface area (Å²) in [7, 11) is 0. The number of nitrogens with one attached hydrogen (secondary N) is 3. The van der Waals surface area contributed by atoms with Crippen LogP contribution in [0.3, 0.4) is 0 Å². The Bertz CT molecular complexity index is 765. The first-order valence-corrected chi connectivity index (χ1v) is 8.01. The van der Waals surface area contributed by atoms with Crippen LogP contribution in [0, 0.1) is 12.8 Å². The third kappa shape index (κ3) is 3.73. The Morgan fingerprint density at radius 3 is 2.58 bits per heavy atom. The highest BCUT2D eigenvalue weighted by molar-refractivity contribution is 6.01. The van der Waals surface area contributed by atoms with Gasteiger partial charge in [-0.15, -0.1) is 0 Å². The molecular formula is C17H20N4O3. The van der Waals surface area contributed by atoms with Crippen molar-refractivity contribution in [3.05, 3.63) is 35.7 Å². The van der Waals surface area contributed by atoms with Gasteiger partial charge in [-0.25, -0.2) is 4.79 Å². The molecule has 1 aliphatic carbocycles. The Morgan fingerprint density at radius 2 is 1.92 bits per heavy atom. The molecule has 3 amide bonds. The molecule has 3 N–H and O–H groups in total. The minimum absolute atomic E-state index is 0.0317. The van der Waals surface area contributed by atoms with Gasteiger partial charge in [0.05, 0.1) is 0 Å². The topological polar surface area (TPSA) is 96.3 Å². The number of anilines is 3. The van der Waals surface area contributed by atoms with Crippen molar-refractivity contribution in [2.75, 3.05) is 16.0 Å². The molecular weight excluding hydrogens is 308 g/mol. The number of aryl methyl sites for hydroxylation is 2. The zero-order chi connectivity index (χ0) is 17.1. The van der Waals surface area contributed by atoms with Crippen molar-refractivity contribution in [1.82, 2.24) is 5.16 Å². The van der Waals surface area contributed by atoms with E-state index in [1.807, 2.05) is 6.92 Å². The van der Waals surface area contributed by atoms with Gasteiger partial charge in [0.25, 0.3) is 0 Å². The average Bonchev–Trinajstić information content (AvgIpc) is 3.34. The second-order valence-electron chi connectivity index (χ2n) is 5.84. The lowest BCUT2D eigenvalue weighted by atomic mass is 10.2. The van der Waals surface area contributed by atoms with Crippen LogP contribution in [0.25, 0.3) is 0 Å². The van der Waals surface area contributed by atoms with Crippen LogP contribution in [-0.2, 0) is 11.2 Å². The fourth-order valence-electron chi connectivity index (χ4n) is 2.36. The molecule has 1 aromatic heterocycles. The van der Waals surface area contributed by atoms with Gasteiger partial charge in [0.2, 0.25) is 5.91 Å². The fraction of sp³-hybridized carbons (Fsp3) is 0.353. The summed E-state index contributed by atoms with van der Waals surface area (Å²) in [4.78, 5) is 24.0. The van der Waals surface area contributed by atoms with Crippen LogP contribution in [0.2, 0.25) is 0 Å². The number of aromatic nitrogens is 1. The monoisotopic (exact) mass is 328 g/mol. The molecule has 126 valence electrons. The zero-order valence-corrected chi connectivity index (χ0v) is 13.7. The first-order valence-electron chi connectivity index (χ1n) is 8.01. The summed E-state index contributed by atoms with van der Waals surface area (Å²) >= 11 is 0. The van der Waals surface area contributed by atoms with Crippen molar-refractivity contribution in [1.29, 1.82) is 0 Å². The molecule has 0 spiro atoms. The van der Waals surface area contributed by atoms with Crippen molar-refractivity contribution in [3.63, 3.8) is 0 Å². The van der Waals surface area contributed by atoms with E-state index in [0.29, 0.717) is 34.9 Å². The lowest BCUT2D eigenvalue weighted by molar-refractivity contribution is -0.117. The van der Waals surface area contributed by atoms with E-state index in [4.69, 9.17) is 4.52 Å². The first-order chi connectivity index (χ1) is 11.6. The second-order valence-corrected chi connectivity index (χ2v) is 5.84. The van der Waals surface area contributed by atoms with E-state index in [1.54, 1.807) is 31.2 Å². The summed E-state index contributed by atoms with van der Waals surface area (Å²) < 4.78 is 5.15. The zero-order valence-electron chi connectivity index (χ0n) is 13.7. The summed E-state index contributed by atoms with van der Waals surface area (Å²) in [6.07, 6.45) is 2.53. The van der Waals surface area contributed by atoms with Gasteiger partial charge in [-0.05, 0) is 38.0 Å². The van der Waals surface area contributed by atoms with Gasteiger partial charge in [0.15, 0.2) is 5.76 Å². The predicted octanol–water partition coefficient (Wildman–Crippen LogP) is 3.54. The van der Waals surface area contributed by atoms with Crippen molar-refractivity contribution < 1.29 is 14.1 Å². The van der Waals surface area contributed by atoms with E-state index in [2.05, 4.69) is 21.1 Å². The summed E-state index contributed by atoms with van der Waals surface area (Å²) in [6, 6.07) is 6.67. The van der Waals surface area contributed by atoms with Crippen molar-refractivity contribution >= 4 is 29.0 Å². The molecule has 1 aliphatic rings. The van der Waals surface area contributed by atoms with Gasteiger partial charge >= 0.3 is 6.03 Å². The number of hydrogen-bond donors (Lipinski definition) is 3. The first kappa shape index (κ1) is 16.0. The van der Waals surface area contributed by atoms with Crippen LogP contribution >= 0.6 is 0 Å². The molecule has 1 heterocycles. The largest absolute Gasteiger partial charge is 0.359 e. The number of carbonyl (C=O) groups excluding carboxylic acids is 2. The third-order valence-electron chi connectivity index (χ3n) is 3.83. The standard InChI is InChI=1S/C17H20N4O3/c1-3-14-15(10(2)21-24-14)20-17(23)19-13-6-4-5-12(9-13)18-16(22)11-7-8-11/h4-6,9,11H,3,7-8H2,1-2H3,(H,18,22)(H2,19,20,23). The molecule has 7 heteroatoms. The number of amides is 3. The van der Waals surface area contributed by atoms with Crippen LogP contribution in [0.4, 0.5) is 21.9 Å². The van der Waals surface area contributed by atoms with Crippen molar-refractivity contribution in [3.8, 4) is 0 Å². The number of hydrogen-bond acceptors (Lipinski definition) is 4. The van der Waals surface area contributed by atoms with Crippen molar-refractivity contribution in [2.24, 2.45) is 5.92 Å². The number of urea groups is 1. The number of carbonyl (C=O) groups is 2. The molecule has 0 bridgehead atoms. The highest BCUT2D eigenvalue weighted by atomic mass is 16.5. The van der Waals surface area contributed by atoms with Gasteiger partial charge < -0.3 is 20.5 Å². The number of nitrogens with zero attached hydrogens (tertiary/aromatic N) is 1. The Hall–Kier alpha value is -2.83. The highest BCUT2D eigenvalue weighted by Crippen LogP contribution is 2.30. The van der Waals surface area contributed by atoms with Crippen LogP contribution in [-0.4, -0.2) is 17.1 Å². The molecule has 1 fully saturated rings. The summed E-state index contributed by atoms with van der Waals surface area (Å²) in [5.74, 6) is 0.798. The van der Waals surface area contributed by atoms with Gasteiger partial charge in [0.1, 0.15) is 11.4 Å². The smallest absolute Gasteiger partial charge is 0.323 e. The number of rotatable bonds is 5. The lowest BCUT2D eigenvalue weighted by Gasteiger charge is -2.10. The van der Waals surface area contributed by atoms with E-state index in [-0.39, 0.29) is 17.9 Å². The average molecular weight is 328 g/mol. The molecule has 1 saturated carbocycles. The third-order valence-corrected chi connectivity index (χ3v) is 3.83. The highest BCUT2D eigenvalue weighted by Gasteiger charge is 2.29. The van der Waals surface area contributed by atoms with Crippen LogP contribution in [0.1, 0.15) is 31.2 Å². The van der Waals surface area contributed by atoms with Gasteiger partial charge in [0, 0.05) is 23.7 Å². The molecule has 7 nitrogen and oxygen atoms in total. The van der Waals surface area contributed by atoms with Gasteiger partial charge in [-0.2, -0.15) is 0 Å². The minimum atomic E-state index is -0.387. The maximum Gasteiger partial charge on any atom is 0.323 e. The van der Waals surface area contributed by atoms with Gasteiger partial charge in [-0.3, -0.25) is 4.79 Å². The van der Waals surface area contributed by atoms with Gasteiger partial charge in [-0.1, -0.05) is 18.1 Å². The maximum atomic E-state index is 12.2. The molecule has 1 aromatic carbocycles. The van der Waals surface area contributed by atoms with E-state index in [9.17, 15) is 9.59 Å². The predicted molar refractivity (Wildman–Crippen MR) is 91.1 cm³/mol. The van der Waals surface area contributed by atoms with Crippen LogP contribution in [0.5, 0.6) is 0 Å². The SMILES string of the molecule is CCc1onc(C)c1NC(=O)Nc1cccc(NC(=O)C2CC2)c1. The van der Waals surface area contributed by atoms with E-state index >= 15 is 0 Å². The van der Waals surface area contributed by atoms with Crippen LogP contribution < -0.4 is 16.0 Å². The second kappa shape index (κ2) is 6.74. The molecule has 2 aromatic rings. The Morgan fingerprint density at radius 1 is 1.21 bits per heavy atom. The summed E-state index contributed by atoms with van der Waals surface area (Å²) in [5.41, 5.74) is 2.48. The van der Waals surface area contributed by atoms with Crippen LogP contribution in [0.15, 0.2) is 28.8 Å².